The number of carbonyl (C=O) groups is 2. The molecule has 0 aliphatic heterocycles. The number of benzene rings is 2. The molecule has 1 unspecified atom stereocenters. The van der Waals surface area contributed by atoms with E-state index in [2.05, 4.69) is 5.32 Å². The van der Waals surface area contributed by atoms with E-state index in [1.165, 1.54) is 7.11 Å². The summed E-state index contributed by atoms with van der Waals surface area (Å²) in [6.45, 7) is 2.14. The predicted octanol–water partition coefficient (Wildman–Crippen LogP) is 4.03. The van der Waals surface area contributed by atoms with Gasteiger partial charge in [-0.05, 0) is 17.7 Å². The van der Waals surface area contributed by atoms with Crippen molar-refractivity contribution in [1.82, 2.24) is 5.32 Å². The highest BCUT2D eigenvalue weighted by Gasteiger charge is 2.24. The Morgan fingerprint density at radius 2 is 1.65 bits per heavy atom. The molecule has 0 radical (unpaired) electrons. The first kappa shape index (κ1) is 19.8. The predicted molar refractivity (Wildman–Crippen MR) is 102 cm³/mol. The van der Waals surface area contributed by atoms with Crippen molar-refractivity contribution in [2.24, 2.45) is 0 Å². The number of thioether (sulfide) groups is 1. The Morgan fingerprint density at radius 3 is 2.27 bits per heavy atom. The van der Waals surface area contributed by atoms with Crippen LogP contribution in [0.5, 0.6) is 0 Å². The molecule has 0 heterocycles. The summed E-state index contributed by atoms with van der Waals surface area (Å²) in [6, 6.07) is 18.9. The average molecular weight is 373 g/mol. The quantitative estimate of drug-likeness (QED) is 0.559. The minimum atomic E-state index is -0.553. The summed E-state index contributed by atoms with van der Waals surface area (Å²) in [5.41, 5.74) is 0.902. The fraction of sp³-hybridized carbons (Fsp3) is 0.300. The summed E-state index contributed by atoms with van der Waals surface area (Å²) in [7, 11) is 1.34. The number of nitrogens with one attached hydrogen (secondary N) is 1. The molecule has 0 spiro atoms. The van der Waals surface area contributed by atoms with Gasteiger partial charge in [-0.15, -0.1) is 11.8 Å². The number of esters is 1. The molecule has 0 aromatic heterocycles. The molecule has 2 rings (SSSR count). The monoisotopic (exact) mass is 373 g/mol. The molecule has 0 aliphatic rings. The van der Waals surface area contributed by atoms with Crippen LogP contribution in [0.25, 0.3) is 0 Å². The largest absolute Gasteiger partial charge is 0.469 e. The maximum atomic E-state index is 12.2. The van der Waals surface area contributed by atoms with Gasteiger partial charge >= 0.3 is 12.1 Å². The van der Waals surface area contributed by atoms with Crippen LogP contribution in [0, 0.1) is 0 Å². The number of ether oxygens (including phenoxy) is 2. The first-order chi connectivity index (χ1) is 12.6. The standard InChI is InChI=1S/C20H23NO4S/c1-15(26-17-11-7-4-8-12-17)18(13-19(22)24-2)21-20(23)25-14-16-9-5-3-6-10-16/h3-12,15,18H,13-14H2,1-2H3,(H,21,23)/t15?,18-/m1/s1. The smallest absolute Gasteiger partial charge is 0.407 e. The van der Waals surface area contributed by atoms with E-state index in [1.807, 2.05) is 67.6 Å². The van der Waals surface area contributed by atoms with E-state index < -0.39 is 12.1 Å². The van der Waals surface area contributed by atoms with Crippen LogP contribution in [0.4, 0.5) is 4.79 Å². The molecule has 2 aromatic carbocycles. The van der Waals surface area contributed by atoms with Gasteiger partial charge in [0.05, 0.1) is 19.6 Å². The first-order valence-electron chi connectivity index (χ1n) is 8.34. The van der Waals surface area contributed by atoms with Crippen LogP contribution in [0.15, 0.2) is 65.6 Å². The first-order valence-corrected chi connectivity index (χ1v) is 9.22. The van der Waals surface area contributed by atoms with E-state index in [4.69, 9.17) is 9.47 Å². The number of alkyl carbamates (subject to hydrolysis) is 1. The zero-order chi connectivity index (χ0) is 18.8. The van der Waals surface area contributed by atoms with Gasteiger partial charge in [0.2, 0.25) is 0 Å². The van der Waals surface area contributed by atoms with E-state index in [-0.39, 0.29) is 24.2 Å². The summed E-state index contributed by atoms with van der Waals surface area (Å²) in [5.74, 6) is -0.376. The average Bonchev–Trinajstić information content (AvgIpc) is 2.67. The number of methoxy groups -OCH3 is 1. The molecule has 5 nitrogen and oxygen atoms in total. The Hall–Kier alpha value is -2.47. The molecule has 2 atom stereocenters. The number of rotatable bonds is 8. The minimum absolute atomic E-state index is 0.0409. The molecule has 0 fully saturated rings. The van der Waals surface area contributed by atoms with Gasteiger partial charge in [0.1, 0.15) is 6.61 Å². The molecule has 0 saturated heterocycles. The lowest BCUT2D eigenvalue weighted by Gasteiger charge is -2.23. The van der Waals surface area contributed by atoms with Crippen LogP contribution in [0.3, 0.4) is 0 Å². The van der Waals surface area contributed by atoms with Crippen LogP contribution in [-0.4, -0.2) is 30.5 Å². The fourth-order valence-electron chi connectivity index (χ4n) is 2.31. The zero-order valence-electron chi connectivity index (χ0n) is 14.9. The second-order valence-electron chi connectivity index (χ2n) is 5.73. The van der Waals surface area contributed by atoms with Gasteiger partial charge in [-0.2, -0.15) is 0 Å². The molecule has 26 heavy (non-hydrogen) atoms. The Balaban J connectivity index is 1.94. The van der Waals surface area contributed by atoms with Crippen molar-refractivity contribution < 1.29 is 19.1 Å². The van der Waals surface area contributed by atoms with Crippen molar-refractivity contribution in [3.63, 3.8) is 0 Å². The van der Waals surface area contributed by atoms with E-state index in [9.17, 15) is 9.59 Å². The van der Waals surface area contributed by atoms with Gasteiger partial charge in [0.25, 0.3) is 0 Å². The van der Waals surface area contributed by atoms with Crippen molar-refractivity contribution in [3.05, 3.63) is 66.2 Å². The third-order valence-electron chi connectivity index (χ3n) is 3.76. The summed E-state index contributed by atoms with van der Waals surface area (Å²) < 4.78 is 10.0. The highest BCUT2D eigenvalue weighted by atomic mass is 32.2. The van der Waals surface area contributed by atoms with Crippen LogP contribution in [0.2, 0.25) is 0 Å². The molecule has 1 N–H and O–H groups in total. The maximum absolute atomic E-state index is 12.2. The summed E-state index contributed by atoms with van der Waals surface area (Å²) >= 11 is 1.58. The molecule has 0 bridgehead atoms. The molecular weight excluding hydrogens is 350 g/mol. The number of hydrogen-bond donors (Lipinski definition) is 1. The SMILES string of the molecule is COC(=O)C[C@@H](NC(=O)OCc1ccccc1)C(C)Sc1ccccc1. The van der Waals surface area contributed by atoms with Crippen molar-refractivity contribution in [3.8, 4) is 0 Å². The van der Waals surface area contributed by atoms with Crippen molar-refractivity contribution >= 4 is 23.8 Å². The van der Waals surface area contributed by atoms with Gasteiger partial charge in [0, 0.05) is 10.1 Å². The summed E-state index contributed by atoms with van der Waals surface area (Å²) in [6.07, 6.45) is -0.471. The van der Waals surface area contributed by atoms with Crippen LogP contribution in [0.1, 0.15) is 18.9 Å². The number of hydrogen-bond acceptors (Lipinski definition) is 5. The van der Waals surface area contributed by atoms with Gasteiger partial charge in [-0.25, -0.2) is 4.79 Å². The van der Waals surface area contributed by atoms with Crippen LogP contribution >= 0.6 is 11.8 Å². The third-order valence-corrected chi connectivity index (χ3v) is 5.01. The highest BCUT2D eigenvalue weighted by Crippen LogP contribution is 2.26. The lowest BCUT2D eigenvalue weighted by molar-refractivity contribution is -0.141. The van der Waals surface area contributed by atoms with Gasteiger partial charge < -0.3 is 14.8 Å². The number of carbonyl (C=O) groups excluding carboxylic acids is 2. The number of amides is 1. The lowest BCUT2D eigenvalue weighted by atomic mass is 10.1. The van der Waals surface area contributed by atoms with Gasteiger partial charge in [-0.3, -0.25) is 4.79 Å². The van der Waals surface area contributed by atoms with Gasteiger partial charge in [-0.1, -0.05) is 55.5 Å². The fourth-order valence-corrected chi connectivity index (χ4v) is 3.38. The molecule has 138 valence electrons. The highest BCUT2D eigenvalue weighted by molar-refractivity contribution is 8.00. The van der Waals surface area contributed by atoms with E-state index >= 15 is 0 Å². The molecule has 0 aliphatic carbocycles. The maximum Gasteiger partial charge on any atom is 0.407 e. The van der Waals surface area contributed by atoms with Crippen LogP contribution in [-0.2, 0) is 20.9 Å². The topological polar surface area (TPSA) is 64.6 Å². The second kappa shape index (κ2) is 10.5. The third kappa shape index (κ3) is 6.80. The van der Waals surface area contributed by atoms with E-state index in [0.29, 0.717) is 0 Å². The van der Waals surface area contributed by atoms with E-state index in [1.54, 1.807) is 11.8 Å². The molecule has 0 saturated carbocycles. The lowest BCUT2D eigenvalue weighted by Crippen LogP contribution is -2.42. The molecular formula is C20H23NO4S. The summed E-state index contributed by atoms with van der Waals surface area (Å²) in [4.78, 5) is 24.9. The van der Waals surface area contributed by atoms with Crippen LogP contribution < -0.4 is 5.32 Å². The van der Waals surface area contributed by atoms with Gasteiger partial charge in [0.15, 0.2) is 0 Å². The second-order valence-corrected chi connectivity index (χ2v) is 7.18. The Bertz CT molecular complexity index is 693. The van der Waals surface area contributed by atoms with Crippen molar-refractivity contribution in [2.45, 2.75) is 36.1 Å². The van der Waals surface area contributed by atoms with Crippen molar-refractivity contribution in [1.29, 1.82) is 0 Å². The Labute approximate surface area is 158 Å². The Kier molecular flexibility index (Phi) is 8.02. The zero-order valence-corrected chi connectivity index (χ0v) is 15.7. The Morgan fingerprint density at radius 1 is 1.04 bits per heavy atom. The summed E-state index contributed by atoms with van der Waals surface area (Å²) in [5, 5.41) is 2.75. The minimum Gasteiger partial charge on any atom is -0.469 e. The van der Waals surface area contributed by atoms with Crippen molar-refractivity contribution in [2.75, 3.05) is 7.11 Å². The van der Waals surface area contributed by atoms with E-state index in [0.717, 1.165) is 10.5 Å². The molecule has 1 amide bonds. The molecule has 6 heteroatoms. The normalized spacial score (nSPS) is 12.7. The molecule has 2 aromatic rings.